The molecule has 1 unspecified atom stereocenters. The molecule has 2 aromatic rings. The minimum Gasteiger partial charge on any atom is -0.481 e. The number of nitrogens with zero attached hydrogens (tertiary/aromatic N) is 3. The zero-order chi connectivity index (χ0) is 15.4. The summed E-state index contributed by atoms with van der Waals surface area (Å²) in [7, 11) is 1.50. The monoisotopic (exact) mass is 292 g/mol. The lowest BCUT2D eigenvalue weighted by molar-refractivity contribution is -0.139. The van der Waals surface area contributed by atoms with Crippen molar-refractivity contribution in [3.05, 3.63) is 24.2 Å². The highest BCUT2D eigenvalue weighted by atomic mass is 16.5. The molecule has 0 saturated carbocycles. The highest BCUT2D eigenvalue weighted by Crippen LogP contribution is 2.19. The first-order chi connectivity index (χ1) is 10.0. The maximum Gasteiger partial charge on any atom is 0.306 e. The number of anilines is 1. The van der Waals surface area contributed by atoms with E-state index in [-0.39, 0.29) is 6.42 Å². The van der Waals surface area contributed by atoms with Gasteiger partial charge < -0.3 is 15.2 Å². The molecule has 2 rings (SSSR count). The Morgan fingerprint density at radius 2 is 2.29 bits per heavy atom. The molecule has 7 nitrogen and oxygen atoms in total. The number of rotatable bonds is 7. The number of aromatic nitrogens is 3. The number of fused-ring (bicyclic) bond motifs is 1. The summed E-state index contributed by atoms with van der Waals surface area (Å²) >= 11 is 0. The molecular weight excluding hydrogens is 272 g/mol. The second-order valence-corrected chi connectivity index (χ2v) is 5.17. The molecule has 114 valence electrons. The zero-order valence-electron chi connectivity index (χ0n) is 12.4. The van der Waals surface area contributed by atoms with Gasteiger partial charge in [-0.05, 0) is 12.0 Å². The van der Waals surface area contributed by atoms with Gasteiger partial charge >= 0.3 is 5.97 Å². The van der Waals surface area contributed by atoms with Crippen LogP contribution >= 0.6 is 0 Å². The summed E-state index contributed by atoms with van der Waals surface area (Å²) in [5, 5.41) is 16.4. The molecule has 21 heavy (non-hydrogen) atoms. The molecule has 0 aliphatic heterocycles. The lowest BCUT2D eigenvalue weighted by Crippen LogP contribution is -2.25. The molecule has 0 saturated heterocycles. The normalized spacial score (nSPS) is 12.8. The van der Waals surface area contributed by atoms with E-state index >= 15 is 0 Å². The van der Waals surface area contributed by atoms with E-state index in [1.165, 1.54) is 7.11 Å². The average molecular weight is 292 g/mol. The van der Waals surface area contributed by atoms with Crippen molar-refractivity contribution in [3.63, 3.8) is 0 Å². The van der Waals surface area contributed by atoms with E-state index in [0.717, 1.165) is 11.2 Å². The summed E-state index contributed by atoms with van der Waals surface area (Å²) in [6.07, 6.45) is 2.99. The van der Waals surface area contributed by atoms with Gasteiger partial charge in [0, 0.05) is 26.0 Å². The van der Waals surface area contributed by atoms with Gasteiger partial charge in [0.25, 0.3) is 0 Å². The molecule has 2 heterocycles. The SMILES string of the molecule is COC(CNc1nccn2nc(C(C)C)cc12)CC(=O)O. The highest BCUT2D eigenvalue weighted by molar-refractivity contribution is 5.69. The van der Waals surface area contributed by atoms with Gasteiger partial charge in [0.1, 0.15) is 5.52 Å². The van der Waals surface area contributed by atoms with Crippen molar-refractivity contribution in [3.8, 4) is 0 Å². The van der Waals surface area contributed by atoms with Crippen LogP contribution < -0.4 is 5.32 Å². The molecule has 0 bridgehead atoms. The van der Waals surface area contributed by atoms with Crippen LogP contribution in [0.2, 0.25) is 0 Å². The first-order valence-corrected chi connectivity index (χ1v) is 6.84. The van der Waals surface area contributed by atoms with Crippen LogP contribution in [0.5, 0.6) is 0 Å². The summed E-state index contributed by atoms with van der Waals surface area (Å²) in [6, 6.07) is 1.99. The van der Waals surface area contributed by atoms with E-state index in [2.05, 4.69) is 29.2 Å². The summed E-state index contributed by atoms with van der Waals surface area (Å²) in [4.78, 5) is 15.0. The number of methoxy groups -OCH3 is 1. The van der Waals surface area contributed by atoms with Crippen molar-refractivity contribution in [1.29, 1.82) is 0 Å². The van der Waals surface area contributed by atoms with Gasteiger partial charge in [-0.15, -0.1) is 0 Å². The Morgan fingerprint density at radius 3 is 2.90 bits per heavy atom. The fourth-order valence-corrected chi connectivity index (χ4v) is 2.00. The van der Waals surface area contributed by atoms with Gasteiger partial charge in [0.15, 0.2) is 5.82 Å². The number of ether oxygens (including phenoxy) is 1. The number of aliphatic carboxylic acids is 1. The molecule has 2 N–H and O–H groups in total. The summed E-state index contributed by atoms with van der Waals surface area (Å²) in [5.41, 5.74) is 1.85. The molecule has 1 atom stereocenters. The lowest BCUT2D eigenvalue weighted by Gasteiger charge is -2.14. The van der Waals surface area contributed by atoms with Crippen LogP contribution in [0.3, 0.4) is 0 Å². The molecular formula is C14H20N4O3. The standard InChI is InChI=1S/C14H20N4O3/c1-9(2)11-7-12-14(15-4-5-18(12)17-11)16-8-10(21-3)6-13(19)20/h4-5,7,9-10H,6,8H2,1-3H3,(H,15,16)(H,19,20). The number of nitrogens with one attached hydrogen (secondary N) is 1. The van der Waals surface area contributed by atoms with Crippen molar-refractivity contribution in [2.75, 3.05) is 19.0 Å². The van der Waals surface area contributed by atoms with E-state index in [1.54, 1.807) is 16.9 Å². The number of carboxylic acid groups (broad SMARTS) is 1. The first kappa shape index (κ1) is 15.2. The Balaban J connectivity index is 2.16. The minimum absolute atomic E-state index is 0.0525. The molecule has 0 fully saturated rings. The van der Waals surface area contributed by atoms with Crippen LogP contribution in [-0.2, 0) is 9.53 Å². The van der Waals surface area contributed by atoms with E-state index in [9.17, 15) is 4.79 Å². The predicted molar refractivity (Wildman–Crippen MR) is 78.6 cm³/mol. The Labute approximate surface area is 122 Å². The van der Waals surface area contributed by atoms with Crippen molar-refractivity contribution < 1.29 is 14.6 Å². The second-order valence-electron chi connectivity index (χ2n) is 5.17. The third-order valence-corrected chi connectivity index (χ3v) is 3.23. The highest BCUT2D eigenvalue weighted by Gasteiger charge is 2.14. The molecule has 0 aliphatic carbocycles. The number of carbonyl (C=O) groups is 1. The molecule has 0 aliphatic rings. The Morgan fingerprint density at radius 1 is 1.52 bits per heavy atom. The quantitative estimate of drug-likeness (QED) is 0.808. The molecule has 0 spiro atoms. The lowest BCUT2D eigenvalue weighted by atomic mass is 10.1. The maximum absolute atomic E-state index is 10.7. The van der Waals surface area contributed by atoms with Gasteiger partial charge in [0.05, 0.1) is 18.2 Å². The Kier molecular flexibility index (Phi) is 4.74. The fourth-order valence-electron chi connectivity index (χ4n) is 2.00. The van der Waals surface area contributed by atoms with Crippen LogP contribution in [-0.4, -0.2) is 45.4 Å². The fraction of sp³-hybridized carbons (Fsp3) is 0.500. The molecule has 7 heteroatoms. The van der Waals surface area contributed by atoms with Crippen LogP contribution in [0.1, 0.15) is 31.9 Å². The zero-order valence-corrected chi connectivity index (χ0v) is 12.4. The van der Waals surface area contributed by atoms with Crippen molar-refractivity contribution in [2.24, 2.45) is 0 Å². The van der Waals surface area contributed by atoms with E-state index in [4.69, 9.17) is 9.84 Å². The minimum atomic E-state index is -0.888. The van der Waals surface area contributed by atoms with Crippen LogP contribution in [0.25, 0.3) is 5.52 Å². The van der Waals surface area contributed by atoms with Gasteiger partial charge in [-0.3, -0.25) is 4.79 Å². The first-order valence-electron chi connectivity index (χ1n) is 6.84. The van der Waals surface area contributed by atoms with Crippen LogP contribution in [0.4, 0.5) is 5.82 Å². The van der Waals surface area contributed by atoms with E-state index < -0.39 is 12.1 Å². The van der Waals surface area contributed by atoms with Gasteiger partial charge in [0.2, 0.25) is 0 Å². The second kappa shape index (κ2) is 6.53. The summed E-state index contributed by atoms with van der Waals surface area (Å²) in [6.45, 7) is 4.53. The Bertz CT molecular complexity index is 624. The maximum atomic E-state index is 10.7. The van der Waals surface area contributed by atoms with Gasteiger partial charge in [-0.25, -0.2) is 9.50 Å². The molecule has 0 radical (unpaired) electrons. The molecule has 0 amide bonds. The molecule has 0 aromatic carbocycles. The van der Waals surface area contributed by atoms with Crippen LogP contribution in [0.15, 0.2) is 18.5 Å². The van der Waals surface area contributed by atoms with Crippen LogP contribution in [0, 0.1) is 0 Å². The number of carboxylic acids is 1. The predicted octanol–water partition coefficient (Wildman–Crippen LogP) is 1.75. The third-order valence-electron chi connectivity index (χ3n) is 3.23. The van der Waals surface area contributed by atoms with E-state index in [0.29, 0.717) is 18.3 Å². The topological polar surface area (TPSA) is 88.8 Å². The number of hydrogen-bond acceptors (Lipinski definition) is 5. The van der Waals surface area contributed by atoms with Crippen molar-refractivity contribution >= 4 is 17.3 Å². The summed E-state index contributed by atoms with van der Waals surface area (Å²) in [5.74, 6) is 0.113. The average Bonchev–Trinajstić information content (AvgIpc) is 2.87. The number of hydrogen-bond donors (Lipinski definition) is 2. The Hall–Kier alpha value is -2.15. The molecule has 2 aromatic heterocycles. The smallest absolute Gasteiger partial charge is 0.306 e. The van der Waals surface area contributed by atoms with Crippen molar-refractivity contribution in [2.45, 2.75) is 32.3 Å². The largest absolute Gasteiger partial charge is 0.481 e. The van der Waals surface area contributed by atoms with Gasteiger partial charge in [-0.1, -0.05) is 13.8 Å². The van der Waals surface area contributed by atoms with Gasteiger partial charge in [-0.2, -0.15) is 5.10 Å². The third kappa shape index (κ3) is 3.69. The van der Waals surface area contributed by atoms with Crippen molar-refractivity contribution in [1.82, 2.24) is 14.6 Å². The summed E-state index contributed by atoms with van der Waals surface area (Å²) < 4.78 is 6.91. The van der Waals surface area contributed by atoms with E-state index in [1.807, 2.05) is 6.07 Å².